The van der Waals surface area contributed by atoms with E-state index < -0.39 is 36.0 Å². The highest BCUT2D eigenvalue weighted by Crippen LogP contribution is 2.60. The molecule has 3 aliphatic rings. The third kappa shape index (κ3) is 7.02. The lowest BCUT2D eigenvalue weighted by molar-refractivity contribution is -0.142. The predicted molar refractivity (Wildman–Crippen MR) is 183 cm³/mol. The number of nitrogens with one attached hydrogen (secondary N) is 1. The molecule has 1 saturated carbocycles. The molecule has 0 spiro atoms. The molecule has 274 valence electrons. The summed E-state index contributed by atoms with van der Waals surface area (Å²) < 4.78 is 41.1. The number of hydrogen-bond acceptors (Lipinski definition) is 8. The van der Waals surface area contributed by atoms with Gasteiger partial charge in [0.25, 0.3) is 0 Å². The van der Waals surface area contributed by atoms with Crippen LogP contribution in [0.3, 0.4) is 0 Å². The van der Waals surface area contributed by atoms with Gasteiger partial charge in [-0.1, -0.05) is 12.8 Å². The van der Waals surface area contributed by atoms with Crippen LogP contribution in [-0.2, 0) is 33.9 Å². The molecule has 2 aliphatic heterocycles. The highest BCUT2D eigenvalue weighted by atomic mass is 19.4. The number of amides is 3. The fourth-order valence-corrected chi connectivity index (χ4v) is 7.93. The van der Waals surface area contributed by atoms with E-state index in [9.17, 15) is 32.3 Å². The Morgan fingerprint density at radius 1 is 0.981 bits per heavy atom. The first-order valence-electron chi connectivity index (χ1n) is 17.5. The molecule has 0 radical (unpaired) electrons. The Bertz CT molecular complexity index is 2060. The number of benzene rings is 1. The molecule has 3 amide bonds. The van der Waals surface area contributed by atoms with Gasteiger partial charge >= 0.3 is 6.18 Å². The summed E-state index contributed by atoms with van der Waals surface area (Å²) in [6.07, 6.45) is 5.22. The molecular weight excluding hydrogens is 679 g/mol. The van der Waals surface area contributed by atoms with E-state index in [0.717, 1.165) is 48.6 Å². The van der Waals surface area contributed by atoms with Crippen molar-refractivity contribution in [3.05, 3.63) is 53.9 Å². The van der Waals surface area contributed by atoms with Crippen molar-refractivity contribution in [2.24, 2.45) is 5.41 Å². The summed E-state index contributed by atoms with van der Waals surface area (Å²) in [5, 5.41) is 11.7. The van der Waals surface area contributed by atoms with E-state index in [0.29, 0.717) is 47.2 Å². The molecule has 7 rings (SSSR count). The maximum atomic E-state index is 14.4. The number of ketones is 1. The van der Waals surface area contributed by atoms with Crippen molar-refractivity contribution in [1.29, 1.82) is 0 Å². The largest absolute Gasteiger partial charge is 0.408 e. The van der Waals surface area contributed by atoms with Gasteiger partial charge < -0.3 is 15.1 Å². The summed E-state index contributed by atoms with van der Waals surface area (Å²) in [6.45, 7) is 2.02. The van der Waals surface area contributed by atoms with Gasteiger partial charge in [0, 0.05) is 74.0 Å². The number of nitrogens with zero attached hydrogens (tertiary/aromatic N) is 8. The smallest absolute Gasteiger partial charge is 0.345 e. The number of aryl methyl sites for hydroxylation is 2. The van der Waals surface area contributed by atoms with Crippen LogP contribution in [0.2, 0.25) is 0 Å². The molecule has 1 aliphatic carbocycles. The van der Waals surface area contributed by atoms with Gasteiger partial charge in [-0.05, 0) is 62.3 Å². The first kappa shape index (κ1) is 35.3. The molecule has 52 heavy (non-hydrogen) atoms. The predicted octanol–water partition coefficient (Wildman–Crippen LogP) is 4.73. The topological polar surface area (TPSA) is 148 Å². The lowest BCUT2D eigenvalue weighted by atomic mass is 9.96. The fourth-order valence-electron chi connectivity index (χ4n) is 7.93. The number of rotatable bonds is 5. The van der Waals surface area contributed by atoms with Crippen LogP contribution in [0.25, 0.3) is 22.0 Å². The van der Waals surface area contributed by atoms with Crippen LogP contribution in [0.1, 0.15) is 73.7 Å². The van der Waals surface area contributed by atoms with Gasteiger partial charge in [0.05, 0.1) is 5.52 Å². The maximum Gasteiger partial charge on any atom is 0.408 e. The minimum atomic E-state index is -4.49. The zero-order valence-corrected chi connectivity index (χ0v) is 29.2. The van der Waals surface area contributed by atoms with Crippen molar-refractivity contribution in [3.8, 4) is 11.1 Å². The molecule has 3 atom stereocenters. The third-order valence-corrected chi connectivity index (χ3v) is 10.5. The second-order valence-electron chi connectivity index (χ2n) is 14.4. The van der Waals surface area contributed by atoms with Crippen LogP contribution in [0.5, 0.6) is 0 Å². The molecule has 13 nitrogen and oxygen atoms in total. The van der Waals surface area contributed by atoms with Gasteiger partial charge in [-0.2, -0.15) is 23.4 Å². The average molecular weight is 720 g/mol. The van der Waals surface area contributed by atoms with E-state index in [1.54, 1.807) is 35.9 Å². The van der Waals surface area contributed by atoms with E-state index in [1.165, 1.54) is 17.9 Å². The summed E-state index contributed by atoms with van der Waals surface area (Å²) in [5.74, 6) is -0.690. The maximum absolute atomic E-state index is 14.4. The molecule has 5 heterocycles. The molecule has 2 fully saturated rings. The summed E-state index contributed by atoms with van der Waals surface area (Å²) in [7, 11) is 1.74. The van der Waals surface area contributed by atoms with Crippen LogP contribution >= 0.6 is 0 Å². The number of aromatic nitrogens is 6. The van der Waals surface area contributed by atoms with Gasteiger partial charge in [0.2, 0.25) is 17.7 Å². The van der Waals surface area contributed by atoms with Gasteiger partial charge in [0.15, 0.2) is 11.6 Å². The first-order valence-corrected chi connectivity index (χ1v) is 17.5. The molecular formula is C36H40F3N9O4. The van der Waals surface area contributed by atoms with Crippen molar-refractivity contribution in [2.45, 2.75) is 96.6 Å². The number of Topliss-reactive ketones (excluding diaryl/α,β-unsaturated/α-hetero) is 1. The average Bonchev–Trinajstić information content (AvgIpc) is 3.34. The molecule has 1 N–H and O–H groups in total. The van der Waals surface area contributed by atoms with E-state index in [1.807, 2.05) is 12.1 Å². The van der Waals surface area contributed by atoms with Crippen LogP contribution in [-0.4, -0.2) is 94.7 Å². The number of halogens is 3. The Balaban J connectivity index is 1.26. The Morgan fingerprint density at radius 2 is 1.71 bits per heavy atom. The lowest BCUT2D eigenvalue weighted by Crippen LogP contribution is -2.46. The fraction of sp³-hybridized carbons (Fsp3) is 0.500. The molecule has 2 bridgehead atoms. The minimum absolute atomic E-state index is 0.00283. The van der Waals surface area contributed by atoms with Crippen molar-refractivity contribution in [2.75, 3.05) is 18.9 Å². The Morgan fingerprint density at radius 3 is 2.42 bits per heavy atom. The number of anilines is 1. The van der Waals surface area contributed by atoms with Crippen LogP contribution in [0.15, 0.2) is 36.8 Å². The standard InChI is InChI=1S/C36H40F3N9O4/c1-21(49)32-26-13-24(25-16-40-22(2)41-17-25)12-23-8-6-4-5-7-9-30(50)45(3)19-35-14-27(34(52)42-29-10-11-46(43-29)20-36(37,38)39)48(28(35)15-35)31(51)18-47(44-32)33(23)26/h10-13,16-17,27-28H,4-9,14-15,18-20H2,1-3H3,(H,42,43,52)/t27-,28+,35-/m0/s1. The van der Waals surface area contributed by atoms with Crippen molar-refractivity contribution < 1.29 is 32.3 Å². The Kier molecular flexibility index (Phi) is 9.11. The molecule has 1 aromatic carbocycles. The summed E-state index contributed by atoms with van der Waals surface area (Å²) in [6, 6.07) is 3.85. The molecule has 0 unspecified atom stereocenters. The normalized spacial score (nSPS) is 22.7. The Hall–Kier alpha value is -5.15. The zero-order chi connectivity index (χ0) is 36.9. The first-order chi connectivity index (χ1) is 24.7. The number of carbonyl (C=O) groups excluding carboxylic acids is 4. The third-order valence-electron chi connectivity index (χ3n) is 10.5. The molecule has 1 saturated heterocycles. The molecule has 3 aromatic heterocycles. The number of alkyl halides is 3. The minimum Gasteiger partial charge on any atom is -0.345 e. The van der Waals surface area contributed by atoms with Crippen molar-refractivity contribution in [3.63, 3.8) is 0 Å². The van der Waals surface area contributed by atoms with E-state index >= 15 is 0 Å². The summed E-state index contributed by atoms with van der Waals surface area (Å²) >= 11 is 0. The highest BCUT2D eigenvalue weighted by molar-refractivity contribution is 6.07. The van der Waals surface area contributed by atoms with Gasteiger partial charge in [-0.3, -0.25) is 28.5 Å². The number of carbonyl (C=O) groups is 4. The van der Waals surface area contributed by atoms with E-state index in [-0.39, 0.29) is 42.2 Å². The zero-order valence-electron chi connectivity index (χ0n) is 29.2. The van der Waals surface area contributed by atoms with Gasteiger partial charge in [0.1, 0.15) is 30.6 Å². The lowest BCUT2D eigenvalue weighted by Gasteiger charge is -2.27. The SMILES string of the molecule is CC(=O)c1nn2c3c(cc(-c4cnc(C)nc4)cc13)CCCCCCC(=O)N(C)C[C@@]13C[C@@H](C(=O)Nc4ccn(CC(F)(F)F)n4)N(C(=O)C2)[C@@H]1C3. The number of hydrogen-bond donors (Lipinski definition) is 1. The van der Waals surface area contributed by atoms with Crippen molar-refractivity contribution in [1.82, 2.24) is 39.3 Å². The van der Waals surface area contributed by atoms with E-state index in [4.69, 9.17) is 0 Å². The number of piperidine rings is 1. The monoisotopic (exact) mass is 719 g/mol. The molecule has 4 aromatic rings. The van der Waals surface area contributed by atoms with Crippen LogP contribution in [0, 0.1) is 12.3 Å². The van der Waals surface area contributed by atoms with Crippen molar-refractivity contribution >= 4 is 40.2 Å². The molecule has 16 heteroatoms. The van der Waals surface area contributed by atoms with Gasteiger partial charge in [-0.15, -0.1) is 0 Å². The van der Waals surface area contributed by atoms with Crippen LogP contribution < -0.4 is 5.32 Å². The van der Waals surface area contributed by atoms with Gasteiger partial charge in [-0.25, -0.2) is 9.97 Å². The quantitative estimate of drug-likeness (QED) is 0.292. The summed E-state index contributed by atoms with van der Waals surface area (Å²) in [4.78, 5) is 66.3. The van der Waals surface area contributed by atoms with Crippen LogP contribution in [0.4, 0.5) is 19.0 Å². The second kappa shape index (κ2) is 13.4. The second-order valence-corrected chi connectivity index (χ2v) is 14.4. The summed E-state index contributed by atoms with van der Waals surface area (Å²) in [5.41, 5.74) is 2.84. The van der Waals surface area contributed by atoms with E-state index in [2.05, 4.69) is 25.5 Å². The highest BCUT2D eigenvalue weighted by Gasteiger charge is 2.67. The Labute approximate surface area is 297 Å².